The molecule has 0 saturated carbocycles. The van der Waals surface area contributed by atoms with Crippen LogP contribution in [0.25, 0.3) is 16.9 Å². The van der Waals surface area contributed by atoms with E-state index in [1.54, 1.807) is 33.1 Å². The van der Waals surface area contributed by atoms with E-state index in [-0.39, 0.29) is 41.7 Å². The molecule has 1 aliphatic rings. The number of benzene rings is 3. The van der Waals surface area contributed by atoms with Crippen molar-refractivity contribution in [2.75, 3.05) is 17.2 Å². The van der Waals surface area contributed by atoms with E-state index in [0.29, 0.717) is 10.8 Å². The fourth-order valence-electron chi connectivity index (χ4n) is 4.87. The molecular weight excluding hydrogens is 591 g/mol. The lowest BCUT2D eigenvalue weighted by molar-refractivity contribution is -0.123. The maximum absolute atomic E-state index is 13.8. The zero-order valence-electron chi connectivity index (χ0n) is 22.6. The summed E-state index contributed by atoms with van der Waals surface area (Å²) >= 11 is 9.39. The highest BCUT2D eigenvalue weighted by molar-refractivity contribution is 8.00. The van der Waals surface area contributed by atoms with Crippen molar-refractivity contribution in [3.8, 4) is 16.9 Å². The third-order valence-corrected chi connectivity index (χ3v) is 9.57. The molecule has 0 bridgehead atoms. The maximum Gasteiger partial charge on any atom is 0.240 e. The second-order valence-corrected chi connectivity index (χ2v) is 12.4. The lowest BCUT2D eigenvalue weighted by Gasteiger charge is -2.23. The summed E-state index contributed by atoms with van der Waals surface area (Å²) in [6, 6.07) is 25.4. The molecule has 6 nitrogen and oxygen atoms in total. The highest BCUT2D eigenvalue weighted by atomic mass is 35.5. The highest BCUT2D eigenvalue weighted by Crippen LogP contribution is 2.49. The first-order chi connectivity index (χ1) is 20.4. The van der Waals surface area contributed by atoms with Crippen LogP contribution in [0.4, 0.5) is 10.2 Å². The Hall–Kier alpha value is -3.92. The van der Waals surface area contributed by atoms with Crippen molar-refractivity contribution in [3.63, 3.8) is 0 Å². The molecule has 2 aromatic heterocycles. The molecule has 3 aromatic carbocycles. The molecule has 6 rings (SSSR count). The lowest BCUT2D eigenvalue weighted by atomic mass is 10.0. The van der Waals surface area contributed by atoms with Crippen molar-refractivity contribution in [1.29, 1.82) is 0 Å². The van der Waals surface area contributed by atoms with Gasteiger partial charge in [-0.2, -0.15) is 5.10 Å². The number of aryl methyl sites for hydroxylation is 1. The zero-order chi connectivity index (χ0) is 29.2. The standard InChI is InChI=1S/C32H26ClFN4O2S2/c1-20-4-14-25(15-5-20)38-32-29(30(36-38)22-8-10-23(33)11-9-22)31(26-3-2-16-41-26)42-19-28(40)37(32)18-27(39)35-17-21-6-12-24(34)13-7-21/h2-16,31H,17-19H2,1H3,(H,35,39)/t31-/m0/s1. The van der Waals surface area contributed by atoms with Crippen LogP contribution in [0.15, 0.2) is 90.3 Å². The van der Waals surface area contributed by atoms with Gasteiger partial charge in [0.1, 0.15) is 18.2 Å². The number of hydrogen-bond acceptors (Lipinski definition) is 5. The average Bonchev–Trinajstić information content (AvgIpc) is 3.63. The van der Waals surface area contributed by atoms with Crippen LogP contribution in [0, 0.1) is 12.7 Å². The third kappa shape index (κ3) is 5.86. The molecule has 0 spiro atoms. The van der Waals surface area contributed by atoms with Crippen molar-refractivity contribution >= 4 is 52.3 Å². The Morgan fingerprint density at radius 1 is 1.05 bits per heavy atom. The third-order valence-electron chi connectivity index (χ3n) is 6.99. The summed E-state index contributed by atoms with van der Waals surface area (Å²) in [6.07, 6.45) is 0. The Morgan fingerprint density at radius 2 is 1.79 bits per heavy atom. The molecule has 2 amide bonds. The summed E-state index contributed by atoms with van der Waals surface area (Å²) in [5, 5.41) is 10.4. The van der Waals surface area contributed by atoms with Gasteiger partial charge in [0.05, 0.1) is 22.4 Å². The van der Waals surface area contributed by atoms with Gasteiger partial charge in [0.15, 0.2) is 0 Å². The molecule has 1 N–H and O–H groups in total. The lowest BCUT2D eigenvalue weighted by Crippen LogP contribution is -2.42. The van der Waals surface area contributed by atoms with E-state index < -0.39 is 0 Å². The molecule has 0 radical (unpaired) electrons. The largest absolute Gasteiger partial charge is 0.350 e. The summed E-state index contributed by atoms with van der Waals surface area (Å²) in [5.74, 6) is -0.104. The van der Waals surface area contributed by atoms with Crippen molar-refractivity contribution in [1.82, 2.24) is 15.1 Å². The van der Waals surface area contributed by atoms with E-state index >= 15 is 0 Å². The van der Waals surface area contributed by atoms with Crippen molar-refractivity contribution in [2.45, 2.75) is 18.7 Å². The number of aromatic nitrogens is 2. The fourth-order valence-corrected chi connectivity index (χ4v) is 7.17. The van der Waals surface area contributed by atoms with Crippen molar-refractivity contribution in [3.05, 3.63) is 123 Å². The number of fused-ring (bicyclic) bond motifs is 1. The predicted molar refractivity (Wildman–Crippen MR) is 168 cm³/mol. The number of nitrogens with one attached hydrogen (secondary N) is 1. The van der Waals surface area contributed by atoms with Crippen LogP contribution in [0.1, 0.15) is 26.8 Å². The molecule has 0 aliphatic carbocycles. The Labute approximate surface area is 256 Å². The summed E-state index contributed by atoms with van der Waals surface area (Å²) < 4.78 is 15.1. The van der Waals surface area contributed by atoms with E-state index in [0.717, 1.165) is 38.5 Å². The molecule has 212 valence electrons. The van der Waals surface area contributed by atoms with Gasteiger partial charge in [-0.3, -0.25) is 14.5 Å². The molecule has 0 fully saturated rings. The van der Waals surface area contributed by atoms with Crippen molar-refractivity contribution < 1.29 is 14.0 Å². The predicted octanol–water partition coefficient (Wildman–Crippen LogP) is 7.19. The number of rotatable bonds is 7. The van der Waals surface area contributed by atoms with Crippen LogP contribution in [0.5, 0.6) is 0 Å². The van der Waals surface area contributed by atoms with Crippen LogP contribution in [-0.4, -0.2) is 33.9 Å². The topological polar surface area (TPSA) is 67.2 Å². The Morgan fingerprint density at radius 3 is 2.48 bits per heavy atom. The number of amides is 2. The van der Waals surface area contributed by atoms with Crippen LogP contribution in [0.2, 0.25) is 5.02 Å². The molecule has 1 atom stereocenters. The Kier molecular flexibility index (Phi) is 8.15. The molecule has 1 aliphatic heterocycles. The molecule has 5 aromatic rings. The van der Waals surface area contributed by atoms with E-state index in [9.17, 15) is 14.0 Å². The SMILES string of the molecule is Cc1ccc(-n2nc(-c3ccc(Cl)cc3)c3c2N(CC(=O)NCc2ccc(F)cc2)C(=O)CS[C@H]3c2cccs2)cc1. The van der Waals surface area contributed by atoms with Crippen LogP contribution in [-0.2, 0) is 16.1 Å². The molecule has 0 unspecified atom stereocenters. The van der Waals surface area contributed by atoms with Crippen LogP contribution < -0.4 is 10.2 Å². The van der Waals surface area contributed by atoms with Gasteiger partial charge in [-0.05, 0) is 60.3 Å². The van der Waals surface area contributed by atoms with E-state index in [1.165, 1.54) is 23.9 Å². The molecular formula is C32H26ClFN4O2S2. The number of anilines is 1. The molecule has 42 heavy (non-hydrogen) atoms. The van der Waals surface area contributed by atoms with E-state index in [4.69, 9.17) is 16.7 Å². The normalized spacial score (nSPS) is 14.9. The summed E-state index contributed by atoms with van der Waals surface area (Å²) in [4.78, 5) is 29.7. The summed E-state index contributed by atoms with van der Waals surface area (Å²) in [5.41, 5.74) is 5.07. The second-order valence-electron chi connectivity index (χ2n) is 9.93. The highest BCUT2D eigenvalue weighted by Gasteiger charge is 2.38. The number of carbonyl (C=O) groups is 2. The minimum atomic E-state index is -0.341. The smallest absolute Gasteiger partial charge is 0.240 e. The van der Waals surface area contributed by atoms with Gasteiger partial charge < -0.3 is 5.32 Å². The van der Waals surface area contributed by atoms with Gasteiger partial charge in [-0.1, -0.05) is 59.6 Å². The van der Waals surface area contributed by atoms with E-state index in [2.05, 4.69) is 11.4 Å². The van der Waals surface area contributed by atoms with Gasteiger partial charge in [-0.15, -0.1) is 23.1 Å². The van der Waals surface area contributed by atoms with Crippen molar-refractivity contribution in [2.24, 2.45) is 0 Å². The quantitative estimate of drug-likeness (QED) is 0.210. The van der Waals surface area contributed by atoms with Gasteiger partial charge in [-0.25, -0.2) is 9.07 Å². The van der Waals surface area contributed by atoms with Crippen LogP contribution in [0.3, 0.4) is 0 Å². The van der Waals surface area contributed by atoms with Gasteiger partial charge >= 0.3 is 0 Å². The fraction of sp³-hybridized carbons (Fsp3) is 0.156. The molecule has 10 heteroatoms. The number of halogens is 2. The molecule has 3 heterocycles. The second kappa shape index (κ2) is 12.1. The first kappa shape index (κ1) is 28.2. The maximum atomic E-state index is 13.8. The number of thioether (sulfide) groups is 1. The summed E-state index contributed by atoms with van der Waals surface area (Å²) in [7, 11) is 0. The number of thiophene rings is 1. The molecule has 0 saturated heterocycles. The minimum Gasteiger partial charge on any atom is -0.350 e. The van der Waals surface area contributed by atoms with E-state index in [1.807, 2.05) is 66.9 Å². The number of carbonyl (C=O) groups excluding carboxylic acids is 2. The minimum absolute atomic E-state index is 0.180. The van der Waals surface area contributed by atoms with Crippen LogP contribution >= 0.6 is 34.7 Å². The zero-order valence-corrected chi connectivity index (χ0v) is 25.0. The number of nitrogens with zero attached hydrogens (tertiary/aromatic N) is 3. The first-order valence-electron chi connectivity index (χ1n) is 13.3. The number of hydrogen-bond donors (Lipinski definition) is 1. The summed E-state index contributed by atoms with van der Waals surface area (Å²) in [6.45, 7) is 2.04. The monoisotopic (exact) mass is 616 g/mol. The Balaban J connectivity index is 1.48. The average molecular weight is 617 g/mol. The first-order valence-corrected chi connectivity index (χ1v) is 15.6. The van der Waals surface area contributed by atoms with Gasteiger partial charge in [0, 0.05) is 27.6 Å². The van der Waals surface area contributed by atoms with Gasteiger partial charge in [0.25, 0.3) is 0 Å². The Bertz CT molecular complexity index is 1720. The van der Waals surface area contributed by atoms with Gasteiger partial charge in [0.2, 0.25) is 11.8 Å².